The Morgan fingerprint density at radius 3 is 2.70 bits per heavy atom. The van der Waals surface area contributed by atoms with Gasteiger partial charge in [0.15, 0.2) is 0 Å². The number of piperidine rings is 1. The minimum atomic E-state index is -0.433. The second-order valence-corrected chi connectivity index (χ2v) is 4.96. The van der Waals surface area contributed by atoms with Crippen LogP contribution in [0.4, 0.5) is 0 Å². The number of nitrogens with zero attached hydrogens (tertiary/aromatic N) is 1. The number of hydrogen-bond acceptors (Lipinski definition) is 4. The highest BCUT2D eigenvalue weighted by molar-refractivity contribution is 5.84. The molecule has 1 aliphatic heterocycles. The Balaban J connectivity index is 2.36. The number of rotatable bonds is 6. The minimum Gasteiger partial charge on any atom is -0.464 e. The van der Waals surface area contributed by atoms with Gasteiger partial charge in [-0.25, -0.2) is 4.79 Å². The van der Waals surface area contributed by atoms with Gasteiger partial charge in [-0.1, -0.05) is 6.92 Å². The molecule has 20 heavy (non-hydrogen) atoms. The minimum absolute atomic E-state index is 0.00453. The van der Waals surface area contributed by atoms with E-state index in [1.807, 2.05) is 0 Å². The lowest BCUT2D eigenvalue weighted by atomic mass is 10.0. The van der Waals surface area contributed by atoms with Crippen molar-refractivity contribution in [2.75, 3.05) is 19.7 Å². The van der Waals surface area contributed by atoms with Gasteiger partial charge in [0.1, 0.15) is 6.04 Å². The van der Waals surface area contributed by atoms with Crippen LogP contribution in [0.25, 0.3) is 0 Å². The zero-order valence-electron chi connectivity index (χ0n) is 12.3. The Bertz CT molecular complexity index is 357. The molecule has 1 N–H and O–H groups in total. The van der Waals surface area contributed by atoms with E-state index >= 15 is 0 Å². The van der Waals surface area contributed by atoms with E-state index in [1.54, 1.807) is 11.8 Å². The molecular weight excluding hydrogens is 260 g/mol. The third-order valence-electron chi connectivity index (χ3n) is 3.34. The maximum Gasteiger partial charge on any atom is 0.328 e. The number of ether oxygens (including phenoxy) is 1. The van der Waals surface area contributed by atoms with Crippen molar-refractivity contribution in [3.05, 3.63) is 0 Å². The summed E-state index contributed by atoms with van der Waals surface area (Å²) in [4.78, 5) is 36.1. The fourth-order valence-electron chi connectivity index (χ4n) is 2.28. The number of carbonyl (C=O) groups excluding carboxylic acids is 3. The number of likely N-dealkylation sites (tertiary alicyclic amines) is 1. The summed E-state index contributed by atoms with van der Waals surface area (Å²) in [7, 11) is 0. The van der Waals surface area contributed by atoms with Crippen LogP contribution in [0.1, 0.15) is 46.0 Å². The number of amides is 2. The predicted molar refractivity (Wildman–Crippen MR) is 73.9 cm³/mol. The number of carbonyl (C=O) groups is 3. The molecule has 0 aromatic rings. The van der Waals surface area contributed by atoms with Gasteiger partial charge in [0, 0.05) is 26.4 Å². The van der Waals surface area contributed by atoms with E-state index in [0.29, 0.717) is 32.4 Å². The molecule has 6 heteroatoms. The molecule has 2 amide bonds. The average Bonchev–Trinajstić information content (AvgIpc) is 2.45. The van der Waals surface area contributed by atoms with Crippen LogP contribution in [0.15, 0.2) is 0 Å². The lowest BCUT2D eigenvalue weighted by molar-refractivity contribution is -0.157. The molecule has 0 bridgehead atoms. The van der Waals surface area contributed by atoms with Gasteiger partial charge in [-0.15, -0.1) is 0 Å². The normalized spacial score (nSPS) is 18.5. The van der Waals surface area contributed by atoms with E-state index in [4.69, 9.17) is 4.74 Å². The molecule has 1 unspecified atom stereocenters. The summed E-state index contributed by atoms with van der Waals surface area (Å²) in [6.07, 6.45) is 3.56. The summed E-state index contributed by atoms with van der Waals surface area (Å²) in [5, 5.41) is 2.64. The summed E-state index contributed by atoms with van der Waals surface area (Å²) < 4.78 is 5.20. The lowest BCUT2D eigenvalue weighted by Crippen LogP contribution is -2.48. The maximum atomic E-state index is 12.0. The van der Waals surface area contributed by atoms with E-state index in [9.17, 15) is 14.4 Å². The molecule has 6 nitrogen and oxygen atoms in total. The highest BCUT2D eigenvalue weighted by atomic mass is 16.5. The zero-order chi connectivity index (χ0) is 15.0. The SMILES string of the molecule is CCC(=O)N1CCCCC1C(=O)OCCCNC(C)=O. The van der Waals surface area contributed by atoms with E-state index in [0.717, 1.165) is 12.8 Å². The molecule has 1 fully saturated rings. The Hall–Kier alpha value is -1.59. The van der Waals surface area contributed by atoms with Gasteiger partial charge >= 0.3 is 5.97 Å². The van der Waals surface area contributed by atoms with Gasteiger partial charge in [-0.2, -0.15) is 0 Å². The first-order valence-corrected chi connectivity index (χ1v) is 7.26. The average molecular weight is 284 g/mol. The van der Waals surface area contributed by atoms with E-state index in [-0.39, 0.29) is 24.4 Å². The zero-order valence-corrected chi connectivity index (χ0v) is 12.3. The fraction of sp³-hybridized carbons (Fsp3) is 0.786. The van der Waals surface area contributed by atoms with Gasteiger partial charge in [-0.3, -0.25) is 9.59 Å². The highest BCUT2D eigenvalue weighted by Gasteiger charge is 2.32. The lowest BCUT2D eigenvalue weighted by Gasteiger charge is -2.33. The molecule has 1 saturated heterocycles. The highest BCUT2D eigenvalue weighted by Crippen LogP contribution is 2.19. The van der Waals surface area contributed by atoms with E-state index in [2.05, 4.69) is 5.32 Å². The monoisotopic (exact) mass is 284 g/mol. The summed E-state index contributed by atoms with van der Waals surface area (Å²) in [5.74, 6) is -0.414. The van der Waals surface area contributed by atoms with Crippen molar-refractivity contribution in [1.82, 2.24) is 10.2 Å². The molecule has 1 rings (SSSR count). The molecule has 0 aliphatic carbocycles. The summed E-state index contributed by atoms with van der Waals surface area (Å²) in [5.41, 5.74) is 0. The largest absolute Gasteiger partial charge is 0.464 e. The number of nitrogens with one attached hydrogen (secondary N) is 1. The van der Waals surface area contributed by atoms with Gasteiger partial charge in [0.25, 0.3) is 0 Å². The Kier molecular flexibility index (Phi) is 7.04. The summed E-state index contributed by atoms with van der Waals surface area (Å²) >= 11 is 0. The van der Waals surface area contributed by atoms with Gasteiger partial charge in [0.2, 0.25) is 11.8 Å². The van der Waals surface area contributed by atoms with Crippen LogP contribution < -0.4 is 5.32 Å². The summed E-state index contributed by atoms with van der Waals surface area (Å²) in [6.45, 7) is 4.64. The second kappa shape index (κ2) is 8.55. The fourth-order valence-corrected chi connectivity index (χ4v) is 2.28. The van der Waals surface area contributed by atoms with Crippen LogP contribution in [0.5, 0.6) is 0 Å². The first-order valence-electron chi connectivity index (χ1n) is 7.26. The van der Waals surface area contributed by atoms with Crippen molar-refractivity contribution in [3.8, 4) is 0 Å². The van der Waals surface area contributed by atoms with Crippen molar-refractivity contribution < 1.29 is 19.1 Å². The van der Waals surface area contributed by atoms with Crippen LogP contribution >= 0.6 is 0 Å². The standard InChI is InChI=1S/C14H24N2O4/c1-3-13(18)16-9-5-4-7-12(16)14(19)20-10-6-8-15-11(2)17/h12H,3-10H2,1-2H3,(H,15,17). The first kappa shape index (κ1) is 16.5. The summed E-state index contributed by atoms with van der Waals surface area (Å²) in [6, 6.07) is -0.433. The third-order valence-corrected chi connectivity index (χ3v) is 3.34. The van der Waals surface area contributed by atoms with Crippen molar-refractivity contribution in [2.45, 2.75) is 52.0 Å². The smallest absolute Gasteiger partial charge is 0.328 e. The molecule has 0 spiro atoms. The van der Waals surface area contributed by atoms with Crippen molar-refractivity contribution >= 4 is 17.8 Å². The third kappa shape index (κ3) is 5.19. The molecule has 1 heterocycles. The molecule has 0 aromatic heterocycles. The number of esters is 1. The van der Waals surface area contributed by atoms with Crippen LogP contribution in [0, 0.1) is 0 Å². The first-order chi connectivity index (χ1) is 9.56. The van der Waals surface area contributed by atoms with Crippen molar-refractivity contribution in [3.63, 3.8) is 0 Å². The molecular formula is C14H24N2O4. The van der Waals surface area contributed by atoms with Crippen molar-refractivity contribution in [2.24, 2.45) is 0 Å². The second-order valence-electron chi connectivity index (χ2n) is 4.96. The van der Waals surface area contributed by atoms with Gasteiger partial charge in [0.05, 0.1) is 6.61 Å². The molecule has 114 valence electrons. The number of hydrogen-bond donors (Lipinski definition) is 1. The molecule has 0 saturated carbocycles. The van der Waals surface area contributed by atoms with Crippen LogP contribution in [-0.4, -0.2) is 48.4 Å². The van der Waals surface area contributed by atoms with Crippen LogP contribution in [0.2, 0.25) is 0 Å². The maximum absolute atomic E-state index is 12.0. The van der Waals surface area contributed by atoms with E-state index in [1.165, 1.54) is 6.92 Å². The Morgan fingerprint density at radius 2 is 2.05 bits per heavy atom. The molecule has 0 aromatic carbocycles. The van der Waals surface area contributed by atoms with Crippen LogP contribution in [-0.2, 0) is 19.1 Å². The molecule has 1 atom stereocenters. The van der Waals surface area contributed by atoms with E-state index < -0.39 is 6.04 Å². The van der Waals surface area contributed by atoms with Gasteiger partial charge < -0.3 is 15.0 Å². The Morgan fingerprint density at radius 1 is 1.30 bits per heavy atom. The Labute approximate surface area is 119 Å². The van der Waals surface area contributed by atoms with Crippen molar-refractivity contribution in [1.29, 1.82) is 0 Å². The predicted octanol–water partition coefficient (Wildman–Crippen LogP) is 0.847. The van der Waals surface area contributed by atoms with Gasteiger partial charge in [-0.05, 0) is 25.7 Å². The molecule has 0 radical (unpaired) electrons. The topological polar surface area (TPSA) is 75.7 Å². The molecule has 1 aliphatic rings. The van der Waals surface area contributed by atoms with Crippen LogP contribution in [0.3, 0.4) is 0 Å². The quantitative estimate of drug-likeness (QED) is 0.579.